The zero-order valence-corrected chi connectivity index (χ0v) is 17.1. The van der Waals surface area contributed by atoms with Crippen molar-refractivity contribution in [2.45, 2.75) is 38.3 Å². The van der Waals surface area contributed by atoms with Crippen LogP contribution in [0.4, 0.5) is 4.39 Å². The first kappa shape index (κ1) is 20.7. The van der Waals surface area contributed by atoms with Crippen molar-refractivity contribution in [3.63, 3.8) is 0 Å². The van der Waals surface area contributed by atoms with Gasteiger partial charge in [-0.15, -0.1) is 0 Å². The number of hydrogen-bond acceptors (Lipinski definition) is 5. The zero-order valence-electron chi connectivity index (χ0n) is 17.1. The van der Waals surface area contributed by atoms with Crippen LogP contribution in [0.15, 0.2) is 59.1 Å². The van der Waals surface area contributed by atoms with Gasteiger partial charge in [0, 0.05) is 18.5 Å². The topological polar surface area (TPSA) is 88.3 Å². The molecule has 0 saturated carbocycles. The van der Waals surface area contributed by atoms with Crippen molar-refractivity contribution in [1.82, 2.24) is 20.4 Å². The first-order valence-corrected chi connectivity index (χ1v) is 10.3. The van der Waals surface area contributed by atoms with Gasteiger partial charge in [-0.3, -0.25) is 9.59 Å². The zero-order chi connectivity index (χ0) is 21.8. The molecular formula is C23H23FN4O3. The van der Waals surface area contributed by atoms with Crippen LogP contribution in [0.3, 0.4) is 0 Å². The molecule has 8 heteroatoms. The maximum absolute atomic E-state index is 13.2. The Labute approximate surface area is 179 Å². The van der Waals surface area contributed by atoms with E-state index in [2.05, 4.69) is 15.5 Å². The van der Waals surface area contributed by atoms with Crippen LogP contribution in [0.1, 0.15) is 49.7 Å². The summed E-state index contributed by atoms with van der Waals surface area (Å²) < 4.78 is 18.5. The first-order chi connectivity index (χ1) is 15.0. The predicted molar refractivity (Wildman–Crippen MR) is 111 cm³/mol. The molecule has 7 nitrogen and oxygen atoms in total. The van der Waals surface area contributed by atoms with Gasteiger partial charge >= 0.3 is 0 Å². The summed E-state index contributed by atoms with van der Waals surface area (Å²) in [7, 11) is 0. The third-order valence-corrected chi connectivity index (χ3v) is 5.31. The number of hydrogen-bond donors (Lipinski definition) is 1. The minimum Gasteiger partial charge on any atom is -0.342 e. The average Bonchev–Trinajstić information content (AvgIpc) is 3.27. The SMILES string of the molecule is CC(NC(=O)C(c1ccccc1)N1CCCCC1=O)c1nc(-c2ccc(F)cc2)no1. The van der Waals surface area contributed by atoms with Crippen LogP contribution in [0, 0.1) is 5.82 Å². The highest BCUT2D eigenvalue weighted by molar-refractivity contribution is 5.89. The van der Waals surface area contributed by atoms with Crippen molar-refractivity contribution in [3.05, 3.63) is 71.9 Å². The van der Waals surface area contributed by atoms with Crippen LogP contribution in [0.2, 0.25) is 0 Å². The van der Waals surface area contributed by atoms with Crippen LogP contribution in [-0.2, 0) is 9.59 Å². The minimum absolute atomic E-state index is 0.0284. The normalized spacial score (nSPS) is 16.1. The molecule has 2 heterocycles. The molecule has 0 aliphatic carbocycles. The van der Waals surface area contributed by atoms with Gasteiger partial charge in [-0.05, 0) is 49.6 Å². The molecule has 1 N–H and O–H groups in total. The Morgan fingerprint density at radius 3 is 2.58 bits per heavy atom. The maximum atomic E-state index is 13.2. The fourth-order valence-electron chi connectivity index (χ4n) is 3.69. The Bertz CT molecular complexity index is 1050. The van der Waals surface area contributed by atoms with Crippen molar-refractivity contribution in [2.24, 2.45) is 0 Å². The molecular weight excluding hydrogens is 399 g/mol. The monoisotopic (exact) mass is 422 g/mol. The van der Waals surface area contributed by atoms with Crippen LogP contribution >= 0.6 is 0 Å². The van der Waals surface area contributed by atoms with Gasteiger partial charge in [0.05, 0.1) is 0 Å². The number of halogens is 1. The van der Waals surface area contributed by atoms with E-state index in [1.165, 1.54) is 12.1 Å². The van der Waals surface area contributed by atoms with Gasteiger partial charge in [0.15, 0.2) is 0 Å². The summed E-state index contributed by atoms with van der Waals surface area (Å²) in [6, 6.07) is 13.7. The van der Waals surface area contributed by atoms with Crippen molar-refractivity contribution < 1.29 is 18.5 Å². The number of carbonyl (C=O) groups excluding carboxylic acids is 2. The van der Waals surface area contributed by atoms with E-state index in [1.807, 2.05) is 30.3 Å². The molecule has 0 radical (unpaired) electrons. The quantitative estimate of drug-likeness (QED) is 0.653. The summed E-state index contributed by atoms with van der Waals surface area (Å²) in [6.45, 7) is 2.27. The summed E-state index contributed by atoms with van der Waals surface area (Å²) in [5, 5.41) is 6.82. The molecule has 4 rings (SSSR count). The third-order valence-electron chi connectivity index (χ3n) is 5.31. The van der Waals surface area contributed by atoms with Gasteiger partial charge in [0.25, 0.3) is 0 Å². The highest BCUT2D eigenvalue weighted by Gasteiger charge is 2.33. The lowest BCUT2D eigenvalue weighted by Gasteiger charge is -2.34. The molecule has 1 aliphatic rings. The predicted octanol–water partition coefficient (Wildman–Crippen LogP) is 3.81. The molecule has 0 bridgehead atoms. The number of nitrogens with one attached hydrogen (secondary N) is 1. The van der Waals surface area contributed by atoms with Crippen LogP contribution in [0.25, 0.3) is 11.4 Å². The van der Waals surface area contributed by atoms with Gasteiger partial charge in [-0.2, -0.15) is 4.98 Å². The number of likely N-dealkylation sites (tertiary alicyclic amines) is 1. The lowest BCUT2D eigenvalue weighted by molar-refractivity contribution is -0.143. The first-order valence-electron chi connectivity index (χ1n) is 10.3. The van der Waals surface area contributed by atoms with E-state index in [0.29, 0.717) is 24.4 Å². The van der Waals surface area contributed by atoms with Crippen molar-refractivity contribution in [2.75, 3.05) is 6.54 Å². The second-order valence-corrected chi connectivity index (χ2v) is 7.55. The number of amides is 2. The largest absolute Gasteiger partial charge is 0.342 e. The molecule has 31 heavy (non-hydrogen) atoms. The van der Waals surface area contributed by atoms with E-state index >= 15 is 0 Å². The summed E-state index contributed by atoms with van der Waals surface area (Å²) in [4.78, 5) is 31.7. The molecule has 160 valence electrons. The minimum atomic E-state index is -0.726. The Kier molecular flexibility index (Phi) is 6.06. The Hall–Kier alpha value is -3.55. The second kappa shape index (κ2) is 9.07. The van der Waals surface area contributed by atoms with Crippen molar-refractivity contribution >= 4 is 11.8 Å². The van der Waals surface area contributed by atoms with E-state index in [1.54, 1.807) is 24.0 Å². The van der Waals surface area contributed by atoms with Crippen molar-refractivity contribution in [1.29, 1.82) is 0 Å². The summed E-state index contributed by atoms with van der Waals surface area (Å²) in [5.41, 5.74) is 1.36. The number of piperidine rings is 1. The van der Waals surface area contributed by atoms with Gasteiger partial charge in [0.1, 0.15) is 17.9 Å². The van der Waals surface area contributed by atoms with E-state index in [0.717, 1.165) is 18.4 Å². The Morgan fingerprint density at radius 2 is 1.87 bits per heavy atom. The lowest BCUT2D eigenvalue weighted by Crippen LogP contribution is -2.46. The van der Waals surface area contributed by atoms with Crippen molar-refractivity contribution in [3.8, 4) is 11.4 Å². The fraction of sp³-hybridized carbons (Fsp3) is 0.304. The second-order valence-electron chi connectivity index (χ2n) is 7.55. The van der Waals surface area contributed by atoms with E-state index in [-0.39, 0.29) is 23.5 Å². The van der Waals surface area contributed by atoms with Gasteiger partial charge < -0.3 is 14.7 Å². The van der Waals surface area contributed by atoms with Crippen LogP contribution in [-0.4, -0.2) is 33.4 Å². The molecule has 3 aromatic rings. The molecule has 1 aromatic heterocycles. The van der Waals surface area contributed by atoms with Gasteiger partial charge in [-0.25, -0.2) is 4.39 Å². The number of rotatable bonds is 6. The van der Waals surface area contributed by atoms with Crippen LogP contribution in [0.5, 0.6) is 0 Å². The molecule has 1 saturated heterocycles. The summed E-state index contributed by atoms with van der Waals surface area (Å²) >= 11 is 0. The Balaban J connectivity index is 1.53. The molecule has 2 aromatic carbocycles. The smallest absolute Gasteiger partial charge is 0.249 e. The average molecular weight is 422 g/mol. The molecule has 1 fully saturated rings. The lowest BCUT2D eigenvalue weighted by atomic mass is 10.00. The number of benzene rings is 2. The summed E-state index contributed by atoms with van der Waals surface area (Å²) in [5.74, 6) is -0.159. The van der Waals surface area contributed by atoms with E-state index in [4.69, 9.17) is 4.52 Å². The molecule has 0 spiro atoms. The van der Waals surface area contributed by atoms with Crippen LogP contribution < -0.4 is 5.32 Å². The molecule has 1 aliphatic heterocycles. The molecule has 2 amide bonds. The summed E-state index contributed by atoms with van der Waals surface area (Å²) in [6.07, 6.45) is 2.14. The maximum Gasteiger partial charge on any atom is 0.249 e. The number of carbonyl (C=O) groups is 2. The molecule has 2 unspecified atom stereocenters. The standard InChI is InChI=1S/C23H23FN4O3/c1-15(23-26-21(27-31-23)17-10-12-18(24)13-11-17)25-22(30)20(16-7-3-2-4-8-16)28-14-6-5-9-19(28)29/h2-4,7-8,10-13,15,20H,5-6,9,14H2,1H3,(H,25,30). The number of aromatic nitrogens is 2. The third kappa shape index (κ3) is 4.63. The van der Waals surface area contributed by atoms with Gasteiger partial charge in [0.2, 0.25) is 23.5 Å². The van der Waals surface area contributed by atoms with E-state index < -0.39 is 12.1 Å². The highest BCUT2D eigenvalue weighted by Crippen LogP contribution is 2.27. The number of nitrogens with zero attached hydrogens (tertiary/aromatic N) is 3. The fourth-order valence-corrected chi connectivity index (χ4v) is 3.69. The van der Waals surface area contributed by atoms with Gasteiger partial charge in [-0.1, -0.05) is 35.5 Å². The Morgan fingerprint density at radius 1 is 1.13 bits per heavy atom. The molecule has 2 atom stereocenters. The van der Waals surface area contributed by atoms with E-state index in [9.17, 15) is 14.0 Å². The highest BCUT2D eigenvalue weighted by atomic mass is 19.1.